The molecule has 0 radical (unpaired) electrons. The Balaban J connectivity index is 1.74. The van der Waals surface area contributed by atoms with Gasteiger partial charge in [-0.3, -0.25) is 13.9 Å². The Hall–Kier alpha value is -3.64. The van der Waals surface area contributed by atoms with E-state index in [2.05, 4.69) is 10.3 Å². The van der Waals surface area contributed by atoms with Crippen molar-refractivity contribution in [2.45, 2.75) is 4.90 Å². The van der Waals surface area contributed by atoms with Crippen LogP contribution in [-0.2, 0) is 19.6 Å². The molecule has 0 aliphatic rings. The summed E-state index contributed by atoms with van der Waals surface area (Å²) in [5.74, 6) is -1.22. The van der Waals surface area contributed by atoms with E-state index >= 15 is 0 Å². The molecular weight excluding hydrogens is 543 g/mol. The highest BCUT2D eigenvalue weighted by atomic mass is 35.5. The average molecular weight is 563 g/mol. The first-order valence-corrected chi connectivity index (χ1v) is 12.8. The number of aromatic nitrogens is 2. The van der Waals surface area contributed by atoms with Crippen molar-refractivity contribution in [3.8, 4) is 5.82 Å². The first kappa shape index (κ1) is 26.4. The van der Waals surface area contributed by atoms with E-state index in [0.29, 0.717) is 22.3 Å². The van der Waals surface area contributed by atoms with Crippen molar-refractivity contribution in [2.24, 2.45) is 0 Å². The van der Waals surface area contributed by atoms with Gasteiger partial charge in [0.15, 0.2) is 0 Å². The van der Waals surface area contributed by atoms with Crippen LogP contribution in [-0.4, -0.2) is 55.3 Å². The molecule has 2 aromatic carbocycles. The van der Waals surface area contributed by atoms with Gasteiger partial charge in [0.2, 0.25) is 0 Å². The minimum atomic E-state index is -4.32. The van der Waals surface area contributed by atoms with Crippen molar-refractivity contribution < 1.29 is 27.9 Å². The molecule has 0 spiro atoms. The Kier molecular flexibility index (Phi) is 7.69. The zero-order valence-electron chi connectivity index (χ0n) is 19.3. The molecule has 0 unspecified atom stereocenters. The van der Waals surface area contributed by atoms with Crippen LogP contribution < -0.4 is 9.62 Å². The molecule has 0 aliphatic heterocycles. The fourth-order valence-electron chi connectivity index (χ4n) is 3.66. The van der Waals surface area contributed by atoms with Crippen molar-refractivity contribution in [2.75, 3.05) is 24.7 Å². The number of anilines is 1. The number of fused-ring (bicyclic) bond motifs is 1. The van der Waals surface area contributed by atoms with Gasteiger partial charge in [0, 0.05) is 40.5 Å². The number of pyridine rings is 1. The molecule has 2 heterocycles. The fraction of sp³-hybridized carbons (Fsp3) is 0.125. The average Bonchev–Trinajstić information content (AvgIpc) is 3.28. The summed E-state index contributed by atoms with van der Waals surface area (Å²) in [4.78, 5) is 28.0. The van der Waals surface area contributed by atoms with Crippen LogP contribution >= 0.6 is 23.2 Å². The lowest BCUT2D eigenvalue weighted by molar-refractivity contribution is -0.135. The third-order valence-corrected chi connectivity index (χ3v) is 7.48. The topological polar surface area (TPSA) is 131 Å². The minimum absolute atomic E-state index is 0.0584. The molecule has 0 aliphatic carbocycles. The highest BCUT2D eigenvalue weighted by Gasteiger charge is 2.28. The number of rotatable bonds is 9. The summed E-state index contributed by atoms with van der Waals surface area (Å²) < 4.78 is 34.1. The molecule has 37 heavy (non-hydrogen) atoms. The molecule has 2 aromatic heterocycles. The second-order valence-corrected chi connectivity index (χ2v) is 10.5. The zero-order valence-corrected chi connectivity index (χ0v) is 21.6. The van der Waals surface area contributed by atoms with Gasteiger partial charge in [-0.05, 0) is 54.6 Å². The molecule has 4 aromatic rings. The second-order valence-electron chi connectivity index (χ2n) is 7.78. The maximum atomic E-state index is 13.4. The number of carbonyl (C=O) groups excluding carboxylic acids is 1. The van der Waals surface area contributed by atoms with Crippen LogP contribution in [0.5, 0.6) is 0 Å². The van der Waals surface area contributed by atoms with Crippen LogP contribution in [0.3, 0.4) is 0 Å². The SMILES string of the molecule is COCNC(=O)c1ccnc(-n2ccc3cc(N(CC(=O)O)S(=O)(=O)c4cc(Cl)cc(Cl)c4)ccc32)c1. The Labute approximate surface area is 222 Å². The lowest BCUT2D eigenvalue weighted by Crippen LogP contribution is -2.35. The summed E-state index contributed by atoms with van der Waals surface area (Å²) >= 11 is 12.0. The number of methoxy groups -OCH3 is 1. The number of sulfonamides is 1. The number of nitrogens with one attached hydrogen (secondary N) is 1. The van der Waals surface area contributed by atoms with Crippen LogP contribution in [0, 0.1) is 0 Å². The summed E-state index contributed by atoms with van der Waals surface area (Å²) in [6.45, 7) is -0.762. The molecule has 0 saturated heterocycles. The van der Waals surface area contributed by atoms with Crippen LogP contribution in [0.15, 0.2) is 71.9 Å². The smallest absolute Gasteiger partial charge is 0.324 e. The molecule has 0 atom stereocenters. The molecule has 4 rings (SSSR count). The molecule has 2 N–H and O–H groups in total. The maximum absolute atomic E-state index is 13.4. The summed E-state index contributed by atoms with van der Waals surface area (Å²) in [7, 11) is -2.86. The van der Waals surface area contributed by atoms with Crippen LogP contribution in [0.2, 0.25) is 10.0 Å². The Morgan fingerprint density at radius 2 is 1.81 bits per heavy atom. The third kappa shape index (κ3) is 5.70. The molecule has 0 fully saturated rings. The number of hydrogen-bond donors (Lipinski definition) is 2. The third-order valence-electron chi connectivity index (χ3n) is 5.30. The Morgan fingerprint density at radius 3 is 2.49 bits per heavy atom. The maximum Gasteiger partial charge on any atom is 0.324 e. The van der Waals surface area contributed by atoms with Crippen molar-refractivity contribution in [3.63, 3.8) is 0 Å². The van der Waals surface area contributed by atoms with E-state index in [0.717, 1.165) is 4.31 Å². The monoisotopic (exact) mass is 562 g/mol. The van der Waals surface area contributed by atoms with E-state index in [1.54, 1.807) is 41.1 Å². The van der Waals surface area contributed by atoms with E-state index in [9.17, 15) is 23.1 Å². The minimum Gasteiger partial charge on any atom is -0.480 e. The van der Waals surface area contributed by atoms with Gasteiger partial charge in [-0.15, -0.1) is 0 Å². The van der Waals surface area contributed by atoms with Crippen molar-refractivity contribution >= 4 is 61.7 Å². The van der Waals surface area contributed by atoms with E-state index in [4.69, 9.17) is 27.9 Å². The number of aliphatic carboxylic acids is 1. The number of carboxylic acid groups (broad SMARTS) is 1. The van der Waals surface area contributed by atoms with Gasteiger partial charge in [0.05, 0.1) is 16.1 Å². The highest BCUT2D eigenvalue weighted by molar-refractivity contribution is 7.92. The number of hydrogen-bond acceptors (Lipinski definition) is 6. The molecule has 0 saturated carbocycles. The number of benzene rings is 2. The van der Waals surface area contributed by atoms with Crippen molar-refractivity contribution in [3.05, 3.63) is 82.6 Å². The first-order valence-electron chi connectivity index (χ1n) is 10.7. The number of nitrogens with zero attached hydrogens (tertiary/aromatic N) is 3. The van der Waals surface area contributed by atoms with Crippen molar-refractivity contribution in [1.29, 1.82) is 0 Å². The fourth-order valence-corrected chi connectivity index (χ4v) is 5.79. The van der Waals surface area contributed by atoms with Crippen LogP contribution in [0.4, 0.5) is 5.69 Å². The number of ether oxygens (including phenoxy) is 1. The largest absolute Gasteiger partial charge is 0.480 e. The normalized spacial score (nSPS) is 11.4. The molecule has 1 amide bonds. The number of amides is 1. The molecule has 13 heteroatoms. The van der Waals surface area contributed by atoms with Crippen LogP contribution in [0.1, 0.15) is 10.4 Å². The molecule has 192 valence electrons. The van der Waals surface area contributed by atoms with Crippen LogP contribution in [0.25, 0.3) is 16.7 Å². The quantitative estimate of drug-likeness (QED) is 0.295. The van der Waals surface area contributed by atoms with Gasteiger partial charge < -0.3 is 19.7 Å². The van der Waals surface area contributed by atoms with Gasteiger partial charge in [0.25, 0.3) is 15.9 Å². The van der Waals surface area contributed by atoms with Gasteiger partial charge in [-0.1, -0.05) is 23.2 Å². The summed E-state index contributed by atoms with van der Waals surface area (Å²) in [6, 6.07) is 13.3. The lowest BCUT2D eigenvalue weighted by Gasteiger charge is -2.23. The summed E-state index contributed by atoms with van der Waals surface area (Å²) in [6.07, 6.45) is 3.20. The predicted octanol–water partition coefficient (Wildman–Crippen LogP) is 3.95. The first-order chi connectivity index (χ1) is 17.6. The highest BCUT2D eigenvalue weighted by Crippen LogP contribution is 2.31. The van der Waals surface area contributed by atoms with E-state index < -0.39 is 22.5 Å². The zero-order chi connectivity index (χ0) is 26.7. The standard InChI is InChI=1S/C24H20Cl2N4O6S/c1-36-14-28-24(33)16-4-6-27-22(9-16)29-7-5-15-8-19(2-3-21(15)29)30(13-23(31)32)37(34,35)20-11-17(25)10-18(26)12-20/h2-12H,13-14H2,1H3,(H,28,33)(H,31,32). The number of halogens is 2. The molecule has 0 bridgehead atoms. The summed E-state index contributed by atoms with van der Waals surface area (Å²) in [5.41, 5.74) is 1.16. The molecule has 10 nitrogen and oxygen atoms in total. The van der Waals surface area contributed by atoms with E-state index in [1.165, 1.54) is 37.6 Å². The van der Waals surface area contributed by atoms with E-state index in [1.807, 2.05) is 0 Å². The second kappa shape index (κ2) is 10.8. The Morgan fingerprint density at radius 1 is 1.08 bits per heavy atom. The van der Waals surface area contributed by atoms with Gasteiger partial charge >= 0.3 is 5.97 Å². The predicted molar refractivity (Wildman–Crippen MR) is 139 cm³/mol. The lowest BCUT2D eigenvalue weighted by atomic mass is 10.2. The van der Waals surface area contributed by atoms with Gasteiger partial charge in [0.1, 0.15) is 19.1 Å². The van der Waals surface area contributed by atoms with E-state index in [-0.39, 0.29) is 33.3 Å². The van der Waals surface area contributed by atoms with Crippen molar-refractivity contribution in [1.82, 2.24) is 14.9 Å². The number of carbonyl (C=O) groups is 2. The number of carboxylic acids is 1. The van der Waals surface area contributed by atoms with Gasteiger partial charge in [-0.25, -0.2) is 13.4 Å². The van der Waals surface area contributed by atoms with Gasteiger partial charge in [-0.2, -0.15) is 0 Å². The molecular formula is C24H20Cl2N4O6S. The Bertz CT molecular complexity index is 1590. The summed E-state index contributed by atoms with van der Waals surface area (Å²) in [5, 5.41) is 12.9.